The van der Waals surface area contributed by atoms with E-state index in [9.17, 15) is 0 Å². The summed E-state index contributed by atoms with van der Waals surface area (Å²) in [6.45, 7) is 5.28. The van der Waals surface area contributed by atoms with Gasteiger partial charge >= 0.3 is 0 Å². The van der Waals surface area contributed by atoms with Gasteiger partial charge < -0.3 is 5.73 Å². The average molecular weight is 669 g/mol. The predicted octanol–water partition coefficient (Wildman–Crippen LogP) is 13.8. The Hall–Kier alpha value is 1.13. The van der Waals surface area contributed by atoms with Crippen molar-refractivity contribution in [3.63, 3.8) is 0 Å². The fourth-order valence-corrected chi connectivity index (χ4v) is 8.13. The quantitative estimate of drug-likeness (QED) is 0.0569. The van der Waals surface area contributed by atoms with E-state index in [0.717, 1.165) is 22.8 Å². The van der Waals surface area contributed by atoms with Crippen molar-refractivity contribution in [2.45, 2.75) is 199 Å². The molecule has 0 aliphatic heterocycles. The van der Waals surface area contributed by atoms with Crippen molar-refractivity contribution in [1.82, 2.24) is 0 Å². The van der Waals surface area contributed by atoms with Crippen LogP contribution in [0.5, 0.6) is 0 Å². The number of rotatable bonds is 32. The third-order valence-corrected chi connectivity index (χ3v) is 11.5. The second-order valence-corrected chi connectivity index (χ2v) is 16.0. The van der Waals surface area contributed by atoms with Crippen LogP contribution in [0.2, 0.25) is 0 Å². The monoisotopic (exact) mass is 667 g/mol. The SMILES string of the molecule is CCCCCCCCCCCCCCCC(=S)SCC(CN)SC(=S)CCCCCCCCCCCCCCC.Cl. The molecule has 0 rings (SSSR count). The van der Waals surface area contributed by atoms with E-state index in [2.05, 4.69) is 13.8 Å². The van der Waals surface area contributed by atoms with Crippen LogP contribution < -0.4 is 5.73 Å². The zero-order chi connectivity index (χ0) is 29.4. The van der Waals surface area contributed by atoms with Crippen molar-refractivity contribution >= 4 is 68.8 Å². The van der Waals surface area contributed by atoms with E-state index in [0.29, 0.717) is 11.8 Å². The van der Waals surface area contributed by atoms with Gasteiger partial charge in [0.1, 0.15) is 0 Å². The molecule has 0 heterocycles. The second kappa shape index (κ2) is 37.3. The van der Waals surface area contributed by atoms with Gasteiger partial charge in [-0.2, -0.15) is 0 Å². The predicted molar refractivity (Wildman–Crippen MR) is 206 cm³/mol. The molecule has 1 nitrogen and oxygen atoms in total. The van der Waals surface area contributed by atoms with E-state index in [4.69, 9.17) is 30.2 Å². The van der Waals surface area contributed by atoms with Crippen molar-refractivity contribution in [3.05, 3.63) is 0 Å². The molecular weight excluding hydrogens is 598 g/mol. The molecule has 246 valence electrons. The van der Waals surface area contributed by atoms with Gasteiger partial charge in [-0.3, -0.25) is 0 Å². The summed E-state index contributed by atoms with van der Waals surface area (Å²) in [6, 6.07) is 0. The molecule has 0 saturated heterocycles. The molecule has 0 saturated carbocycles. The molecule has 0 aliphatic rings. The van der Waals surface area contributed by atoms with Crippen LogP contribution in [0.15, 0.2) is 0 Å². The Morgan fingerprint density at radius 1 is 0.488 bits per heavy atom. The minimum Gasteiger partial charge on any atom is -0.329 e. The topological polar surface area (TPSA) is 26.0 Å². The first-order chi connectivity index (χ1) is 19.6. The average Bonchev–Trinajstić information content (AvgIpc) is 2.96. The number of thioether (sulfide) groups is 2. The molecule has 0 aromatic rings. The van der Waals surface area contributed by atoms with Crippen LogP contribution in [-0.4, -0.2) is 25.9 Å². The first-order valence-corrected chi connectivity index (χ1v) is 20.4. The maximum Gasteiger partial charge on any atom is 0.0481 e. The normalized spacial score (nSPS) is 11.9. The lowest BCUT2D eigenvalue weighted by atomic mass is 10.0. The molecule has 0 amide bonds. The summed E-state index contributed by atoms with van der Waals surface area (Å²) < 4.78 is 2.33. The summed E-state index contributed by atoms with van der Waals surface area (Å²) >= 11 is 15.1. The van der Waals surface area contributed by atoms with Gasteiger partial charge in [0, 0.05) is 25.9 Å². The molecule has 1 unspecified atom stereocenters. The molecule has 0 aromatic carbocycles. The summed E-state index contributed by atoms with van der Waals surface area (Å²) in [7, 11) is 0. The second-order valence-electron chi connectivity index (χ2n) is 12.0. The third kappa shape index (κ3) is 35.5. The third-order valence-electron chi connectivity index (χ3n) is 7.96. The first-order valence-electron chi connectivity index (χ1n) is 17.7. The van der Waals surface area contributed by atoms with Crippen molar-refractivity contribution in [2.75, 3.05) is 12.3 Å². The Balaban J connectivity index is 0. The minimum atomic E-state index is 0. The van der Waals surface area contributed by atoms with E-state index in [1.165, 1.54) is 171 Å². The molecule has 0 fully saturated rings. The largest absolute Gasteiger partial charge is 0.329 e. The van der Waals surface area contributed by atoms with E-state index >= 15 is 0 Å². The Labute approximate surface area is 284 Å². The van der Waals surface area contributed by atoms with Crippen LogP contribution in [0.25, 0.3) is 0 Å². The van der Waals surface area contributed by atoms with E-state index in [-0.39, 0.29) is 12.4 Å². The van der Waals surface area contributed by atoms with Gasteiger partial charge in [0.25, 0.3) is 0 Å². The number of unbranched alkanes of at least 4 members (excludes halogenated alkanes) is 24. The Bertz CT molecular complexity index is 546. The number of nitrogens with two attached hydrogens (primary N) is 1. The molecule has 1 atom stereocenters. The molecule has 0 aliphatic carbocycles. The summed E-state index contributed by atoms with van der Waals surface area (Å²) in [4.78, 5) is 0. The minimum absolute atomic E-state index is 0. The molecule has 6 heteroatoms. The molecule has 0 bridgehead atoms. The number of thiocarbonyl (C=S) groups is 2. The van der Waals surface area contributed by atoms with E-state index < -0.39 is 0 Å². The van der Waals surface area contributed by atoms with Crippen molar-refractivity contribution in [1.29, 1.82) is 0 Å². The number of halogens is 1. The van der Waals surface area contributed by atoms with Gasteiger partial charge in [0.2, 0.25) is 0 Å². The van der Waals surface area contributed by atoms with Gasteiger partial charge in [-0.15, -0.1) is 35.9 Å². The van der Waals surface area contributed by atoms with Crippen LogP contribution in [-0.2, 0) is 0 Å². The highest BCUT2D eigenvalue weighted by Crippen LogP contribution is 2.24. The van der Waals surface area contributed by atoms with Crippen LogP contribution in [0.4, 0.5) is 0 Å². The zero-order valence-corrected chi connectivity index (χ0v) is 31.5. The van der Waals surface area contributed by atoms with Gasteiger partial charge in [0.15, 0.2) is 0 Å². The summed E-state index contributed by atoms with van der Waals surface area (Å²) in [5, 5.41) is 0.407. The van der Waals surface area contributed by atoms with Gasteiger partial charge in [-0.05, 0) is 25.7 Å². The van der Waals surface area contributed by atoms with Crippen LogP contribution >= 0.6 is 60.4 Å². The van der Waals surface area contributed by atoms with Gasteiger partial charge in [-0.1, -0.05) is 192 Å². The lowest BCUT2D eigenvalue weighted by Gasteiger charge is -2.15. The fourth-order valence-electron chi connectivity index (χ4n) is 5.23. The molecule has 0 aromatic heterocycles. The number of hydrogen-bond acceptors (Lipinski definition) is 5. The lowest BCUT2D eigenvalue weighted by molar-refractivity contribution is 0.541. The Morgan fingerprint density at radius 2 is 0.780 bits per heavy atom. The molecule has 0 radical (unpaired) electrons. The number of hydrogen-bond donors (Lipinski definition) is 1. The fraction of sp³-hybridized carbons (Fsp3) is 0.943. The van der Waals surface area contributed by atoms with Crippen LogP contribution in [0.3, 0.4) is 0 Å². The lowest BCUT2D eigenvalue weighted by Crippen LogP contribution is -2.21. The molecule has 41 heavy (non-hydrogen) atoms. The van der Waals surface area contributed by atoms with E-state index in [1.807, 2.05) is 23.5 Å². The highest BCUT2D eigenvalue weighted by molar-refractivity contribution is 8.26. The summed E-state index contributed by atoms with van der Waals surface area (Å²) in [6.07, 6.45) is 38.5. The molecule has 0 spiro atoms. The van der Waals surface area contributed by atoms with E-state index in [1.54, 1.807) is 0 Å². The van der Waals surface area contributed by atoms with Crippen LogP contribution in [0.1, 0.15) is 194 Å². The smallest absolute Gasteiger partial charge is 0.0481 e. The molecular formula is C35H70ClNS4. The van der Waals surface area contributed by atoms with Gasteiger partial charge in [0.05, 0.1) is 0 Å². The van der Waals surface area contributed by atoms with Crippen LogP contribution in [0, 0.1) is 0 Å². The standard InChI is InChI=1S/C35H69NS4.ClH/c1-3-5-7-9-11-13-15-17-19-21-23-25-27-29-34(37)39-32-33(31-36)40-35(38)30-28-26-24-22-20-18-16-14-12-10-8-6-4-2;/h33H,3-32,36H2,1-2H3;1H. The Morgan fingerprint density at radius 3 is 1.10 bits per heavy atom. The Kier molecular flexibility index (Phi) is 40.3. The van der Waals surface area contributed by atoms with Gasteiger partial charge in [-0.25, -0.2) is 0 Å². The maximum absolute atomic E-state index is 6.07. The zero-order valence-electron chi connectivity index (χ0n) is 27.4. The van der Waals surface area contributed by atoms with Crippen molar-refractivity contribution in [2.24, 2.45) is 5.73 Å². The van der Waals surface area contributed by atoms with Crippen molar-refractivity contribution < 1.29 is 0 Å². The first kappa shape index (κ1) is 44.3. The highest BCUT2D eigenvalue weighted by atomic mass is 35.5. The summed E-state index contributed by atoms with van der Waals surface area (Å²) in [5.74, 6) is 1.01. The maximum atomic E-state index is 6.07. The highest BCUT2D eigenvalue weighted by Gasteiger charge is 2.12. The molecule has 2 N–H and O–H groups in total. The summed E-state index contributed by atoms with van der Waals surface area (Å²) in [5.41, 5.74) is 6.07. The van der Waals surface area contributed by atoms with Crippen molar-refractivity contribution in [3.8, 4) is 0 Å².